The molecular weight excluding hydrogens is 384 g/mol. The van der Waals surface area contributed by atoms with E-state index in [1.54, 1.807) is 19.2 Å². The van der Waals surface area contributed by atoms with Gasteiger partial charge in [-0.15, -0.1) is 0 Å². The van der Waals surface area contributed by atoms with E-state index < -0.39 is 0 Å². The second-order valence-electron chi connectivity index (χ2n) is 5.02. The Kier molecular flexibility index (Phi) is 5.25. The summed E-state index contributed by atoms with van der Waals surface area (Å²) < 4.78 is 6.08. The van der Waals surface area contributed by atoms with E-state index in [0.29, 0.717) is 23.1 Å². The molecule has 3 aromatic rings. The Morgan fingerprint density at radius 1 is 1.04 bits per heavy atom. The molecule has 0 unspecified atom stereocenters. The van der Waals surface area contributed by atoms with Gasteiger partial charge in [0.05, 0.1) is 18.5 Å². The fourth-order valence-electron chi connectivity index (χ4n) is 2.16. The molecule has 0 saturated heterocycles. The van der Waals surface area contributed by atoms with Crippen molar-refractivity contribution in [2.75, 3.05) is 17.7 Å². The maximum atomic E-state index is 12.4. The Morgan fingerprint density at radius 3 is 2.52 bits per heavy atom. The maximum absolute atomic E-state index is 12.4. The summed E-state index contributed by atoms with van der Waals surface area (Å²) in [6, 6.07) is 16.3. The minimum absolute atomic E-state index is 0.253. The first-order valence-electron chi connectivity index (χ1n) is 7.46. The summed E-state index contributed by atoms with van der Waals surface area (Å²) in [5, 5.41) is 5.87. The second-order valence-corrected chi connectivity index (χ2v) is 5.88. The monoisotopic (exact) mass is 398 g/mol. The Labute approximate surface area is 153 Å². The molecule has 0 aliphatic rings. The second kappa shape index (κ2) is 7.76. The number of carbonyl (C=O) groups is 1. The van der Waals surface area contributed by atoms with Gasteiger partial charge in [0.2, 0.25) is 5.95 Å². The molecule has 1 heterocycles. The SMILES string of the molecule is COc1ccccc1Nc1nccc(C(=O)Nc2ccccc2Br)n1. The molecule has 7 heteroatoms. The number of ether oxygens (including phenoxy) is 1. The summed E-state index contributed by atoms with van der Waals surface area (Å²) in [6.07, 6.45) is 1.53. The number of halogens is 1. The summed E-state index contributed by atoms with van der Waals surface area (Å²) in [6.45, 7) is 0. The van der Waals surface area contributed by atoms with Gasteiger partial charge in [-0.1, -0.05) is 24.3 Å². The number of carbonyl (C=O) groups excluding carboxylic acids is 1. The molecule has 0 fully saturated rings. The van der Waals surface area contributed by atoms with Gasteiger partial charge in [0.1, 0.15) is 11.4 Å². The Bertz CT molecular complexity index is 902. The number of aromatic nitrogens is 2. The number of nitrogens with zero attached hydrogens (tertiary/aromatic N) is 2. The highest BCUT2D eigenvalue weighted by molar-refractivity contribution is 9.10. The topological polar surface area (TPSA) is 76.1 Å². The highest BCUT2D eigenvalue weighted by Gasteiger charge is 2.11. The average Bonchev–Trinajstić information content (AvgIpc) is 2.64. The van der Waals surface area contributed by atoms with Crippen LogP contribution in [0, 0.1) is 0 Å². The van der Waals surface area contributed by atoms with Crippen LogP contribution in [0.5, 0.6) is 5.75 Å². The van der Waals surface area contributed by atoms with Crippen LogP contribution in [0.1, 0.15) is 10.5 Å². The van der Waals surface area contributed by atoms with Crippen molar-refractivity contribution in [3.05, 3.63) is 71.0 Å². The standard InChI is InChI=1S/C18H15BrN4O2/c1-25-16-9-5-4-8-14(16)22-18-20-11-10-15(23-18)17(24)21-13-7-3-2-6-12(13)19/h2-11H,1H3,(H,21,24)(H,20,22,23). The van der Waals surface area contributed by atoms with Gasteiger partial charge in [-0.3, -0.25) is 4.79 Å². The van der Waals surface area contributed by atoms with Gasteiger partial charge >= 0.3 is 0 Å². The highest BCUT2D eigenvalue weighted by Crippen LogP contribution is 2.25. The molecule has 1 amide bonds. The number of hydrogen-bond donors (Lipinski definition) is 2. The van der Waals surface area contributed by atoms with Crippen molar-refractivity contribution in [2.24, 2.45) is 0 Å². The van der Waals surface area contributed by atoms with Crippen LogP contribution < -0.4 is 15.4 Å². The van der Waals surface area contributed by atoms with Gasteiger partial charge < -0.3 is 15.4 Å². The zero-order valence-electron chi connectivity index (χ0n) is 13.4. The van der Waals surface area contributed by atoms with E-state index in [-0.39, 0.29) is 11.6 Å². The molecular formula is C18H15BrN4O2. The molecule has 0 radical (unpaired) electrons. The van der Waals surface area contributed by atoms with Crippen LogP contribution in [0.25, 0.3) is 0 Å². The van der Waals surface area contributed by atoms with E-state index in [1.165, 1.54) is 6.20 Å². The van der Waals surface area contributed by atoms with Crippen LogP contribution in [-0.4, -0.2) is 23.0 Å². The van der Waals surface area contributed by atoms with Gasteiger partial charge in [0.25, 0.3) is 5.91 Å². The van der Waals surface area contributed by atoms with Crippen molar-refractivity contribution in [1.29, 1.82) is 0 Å². The number of hydrogen-bond acceptors (Lipinski definition) is 5. The minimum Gasteiger partial charge on any atom is -0.495 e. The molecule has 0 aliphatic heterocycles. The summed E-state index contributed by atoms with van der Waals surface area (Å²) in [4.78, 5) is 20.8. The Hall–Kier alpha value is -2.93. The molecule has 0 aliphatic carbocycles. The molecule has 1 aromatic heterocycles. The fourth-order valence-corrected chi connectivity index (χ4v) is 2.55. The number of benzene rings is 2. The lowest BCUT2D eigenvalue weighted by molar-refractivity contribution is 0.102. The van der Waals surface area contributed by atoms with E-state index >= 15 is 0 Å². The van der Waals surface area contributed by atoms with E-state index in [0.717, 1.165) is 4.47 Å². The quantitative estimate of drug-likeness (QED) is 0.671. The van der Waals surface area contributed by atoms with Crippen LogP contribution >= 0.6 is 15.9 Å². The summed E-state index contributed by atoms with van der Waals surface area (Å²) in [5.74, 6) is 0.649. The lowest BCUT2D eigenvalue weighted by atomic mass is 10.3. The zero-order valence-corrected chi connectivity index (χ0v) is 14.9. The lowest BCUT2D eigenvalue weighted by Gasteiger charge is -2.10. The third kappa shape index (κ3) is 4.13. The Morgan fingerprint density at radius 2 is 1.76 bits per heavy atom. The van der Waals surface area contributed by atoms with Crippen molar-refractivity contribution in [3.63, 3.8) is 0 Å². The van der Waals surface area contributed by atoms with Crippen molar-refractivity contribution in [3.8, 4) is 5.75 Å². The smallest absolute Gasteiger partial charge is 0.274 e. The van der Waals surface area contributed by atoms with Gasteiger partial charge in [-0.25, -0.2) is 9.97 Å². The summed E-state index contributed by atoms with van der Waals surface area (Å²) >= 11 is 3.40. The maximum Gasteiger partial charge on any atom is 0.274 e. The van der Waals surface area contributed by atoms with Crippen molar-refractivity contribution in [1.82, 2.24) is 9.97 Å². The molecule has 6 nitrogen and oxygen atoms in total. The number of amides is 1. The van der Waals surface area contributed by atoms with Gasteiger partial charge in [0, 0.05) is 10.7 Å². The minimum atomic E-state index is -0.322. The van der Waals surface area contributed by atoms with E-state index in [4.69, 9.17) is 4.74 Å². The van der Waals surface area contributed by atoms with Crippen molar-refractivity contribution < 1.29 is 9.53 Å². The molecule has 2 N–H and O–H groups in total. The normalized spacial score (nSPS) is 10.2. The van der Waals surface area contributed by atoms with Gasteiger partial charge in [0.15, 0.2) is 0 Å². The first-order valence-corrected chi connectivity index (χ1v) is 8.25. The number of para-hydroxylation sites is 3. The van der Waals surface area contributed by atoms with Crippen LogP contribution in [0.4, 0.5) is 17.3 Å². The zero-order chi connectivity index (χ0) is 17.6. The number of methoxy groups -OCH3 is 1. The third-order valence-corrected chi connectivity index (χ3v) is 4.06. The van der Waals surface area contributed by atoms with E-state index in [2.05, 4.69) is 36.5 Å². The third-order valence-electron chi connectivity index (χ3n) is 3.36. The molecule has 3 rings (SSSR count). The van der Waals surface area contributed by atoms with Crippen molar-refractivity contribution in [2.45, 2.75) is 0 Å². The average molecular weight is 399 g/mol. The number of nitrogens with one attached hydrogen (secondary N) is 2. The number of anilines is 3. The molecule has 25 heavy (non-hydrogen) atoms. The Balaban J connectivity index is 1.79. The number of rotatable bonds is 5. The molecule has 0 saturated carbocycles. The first kappa shape index (κ1) is 16.9. The van der Waals surface area contributed by atoms with Crippen LogP contribution in [-0.2, 0) is 0 Å². The molecule has 0 spiro atoms. The van der Waals surface area contributed by atoms with Gasteiger partial charge in [-0.05, 0) is 46.3 Å². The summed E-state index contributed by atoms with van der Waals surface area (Å²) in [7, 11) is 1.59. The first-order chi connectivity index (χ1) is 12.2. The predicted molar refractivity (Wildman–Crippen MR) is 100 cm³/mol. The van der Waals surface area contributed by atoms with Crippen LogP contribution in [0.3, 0.4) is 0 Å². The lowest BCUT2D eigenvalue weighted by Crippen LogP contribution is -2.15. The molecule has 2 aromatic carbocycles. The molecule has 0 atom stereocenters. The van der Waals surface area contributed by atoms with Crippen LogP contribution in [0.15, 0.2) is 65.3 Å². The predicted octanol–water partition coefficient (Wildman–Crippen LogP) is 4.24. The molecule has 0 bridgehead atoms. The van der Waals surface area contributed by atoms with Crippen LogP contribution in [0.2, 0.25) is 0 Å². The van der Waals surface area contributed by atoms with E-state index in [1.807, 2.05) is 42.5 Å². The fraction of sp³-hybridized carbons (Fsp3) is 0.0556. The largest absolute Gasteiger partial charge is 0.495 e. The molecule has 126 valence electrons. The van der Waals surface area contributed by atoms with E-state index in [9.17, 15) is 4.79 Å². The van der Waals surface area contributed by atoms with Crippen molar-refractivity contribution >= 4 is 39.2 Å². The van der Waals surface area contributed by atoms with Gasteiger partial charge in [-0.2, -0.15) is 0 Å². The highest BCUT2D eigenvalue weighted by atomic mass is 79.9. The summed E-state index contributed by atoms with van der Waals surface area (Å²) in [5.41, 5.74) is 1.64.